The van der Waals surface area contributed by atoms with Gasteiger partial charge in [-0.05, 0) is 16.5 Å². The van der Waals surface area contributed by atoms with Crippen LogP contribution in [0.4, 0.5) is 0 Å². The fourth-order valence-corrected chi connectivity index (χ4v) is 1.95. The number of rotatable bonds is 4. The SMILES string of the molecule is [O-][n+]1onc2cc(CSCCO)ccc21. The summed E-state index contributed by atoms with van der Waals surface area (Å²) in [5.74, 6) is 1.50. The second-order valence-corrected chi connectivity index (χ2v) is 4.13. The fraction of sp³-hybridized carbons (Fsp3) is 0.333. The van der Waals surface area contributed by atoms with Gasteiger partial charge in [-0.1, -0.05) is 6.07 Å². The molecule has 0 bridgehead atoms. The summed E-state index contributed by atoms with van der Waals surface area (Å²) in [4.78, 5) is 0.389. The first-order chi connectivity index (χ1) is 7.31. The van der Waals surface area contributed by atoms with Crippen molar-refractivity contribution in [3.63, 3.8) is 0 Å². The number of aliphatic hydroxyl groups excluding tert-OH is 1. The van der Waals surface area contributed by atoms with E-state index >= 15 is 0 Å². The predicted octanol–water partition coefficient (Wildman–Crippen LogP) is 0.687. The second kappa shape index (κ2) is 4.50. The molecule has 2 rings (SSSR count). The van der Waals surface area contributed by atoms with E-state index < -0.39 is 0 Å². The van der Waals surface area contributed by atoms with Crippen LogP contribution in [0.2, 0.25) is 0 Å². The first kappa shape index (κ1) is 10.3. The number of aliphatic hydroxyl groups is 1. The molecule has 0 saturated heterocycles. The number of hydrogen-bond donors (Lipinski definition) is 1. The Morgan fingerprint density at radius 3 is 3.20 bits per heavy atom. The first-order valence-corrected chi connectivity index (χ1v) is 5.63. The van der Waals surface area contributed by atoms with Crippen molar-refractivity contribution in [2.75, 3.05) is 12.4 Å². The van der Waals surface area contributed by atoms with E-state index in [1.54, 1.807) is 17.8 Å². The Hall–Kier alpha value is -1.27. The van der Waals surface area contributed by atoms with Crippen LogP contribution < -0.4 is 4.90 Å². The molecule has 0 radical (unpaired) electrons. The molecule has 0 aliphatic carbocycles. The minimum absolute atomic E-state index is 0.178. The van der Waals surface area contributed by atoms with E-state index in [0.29, 0.717) is 21.7 Å². The Labute approximate surface area is 90.2 Å². The summed E-state index contributed by atoms with van der Waals surface area (Å²) in [5, 5.41) is 23.3. The highest BCUT2D eigenvalue weighted by Gasteiger charge is 2.08. The average molecular weight is 226 g/mol. The molecule has 0 atom stereocenters. The maximum Gasteiger partial charge on any atom is 0.248 e. The zero-order valence-electron chi connectivity index (χ0n) is 7.92. The van der Waals surface area contributed by atoms with Crippen LogP contribution >= 0.6 is 11.8 Å². The van der Waals surface area contributed by atoms with Gasteiger partial charge >= 0.3 is 0 Å². The van der Waals surface area contributed by atoms with Crippen molar-refractivity contribution in [2.24, 2.45) is 0 Å². The van der Waals surface area contributed by atoms with Gasteiger partial charge in [0.15, 0.2) is 0 Å². The normalized spacial score (nSPS) is 11.0. The Morgan fingerprint density at radius 1 is 1.53 bits per heavy atom. The van der Waals surface area contributed by atoms with Gasteiger partial charge in [0.25, 0.3) is 0 Å². The number of fused-ring (bicyclic) bond motifs is 1. The van der Waals surface area contributed by atoms with Gasteiger partial charge in [-0.3, -0.25) is 4.63 Å². The summed E-state index contributed by atoms with van der Waals surface area (Å²) in [6.07, 6.45) is 0. The lowest BCUT2D eigenvalue weighted by Gasteiger charge is -1.98. The smallest absolute Gasteiger partial charge is 0.248 e. The van der Waals surface area contributed by atoms with Crippen molar-refractivity contribution < 1.29 is 14.6 Å². The van der Waals surface area contributed by atoms with E-state index in [1.165, 1.54) is 0 Å². The Balaban J connectivity index is 2.16. The van der Waals surface area contributed by atoms with Crippen molar-refractivity contribution in [1.29, 1.82) is 0 Å². The molecule has 0 amide bonds. The summed E-state index contributed by atoms with van der Waals surface area (Å²) in [6, 6.07) is 5.36. The van der Waals surface area contributed by atoms with Gasteiger partial charge in [-0.2, -0.15) is 11.8 Å². The van der Waals surface area contributed by atoms with Crippen LogP contribution in [-0.2, 0) is 5.75 Å². The minimum atomic E-state index is 0.178. The van der Waals surface area contributed by atoms with Crippen molar-refractivity contribution >= 4 is 22.8 Å². The lowest BCUT2D eigenvalue weighted by atomic mass is 10.2. The van der Waals surface area contributed by atoms with E-state index in [-0.39, 0.29) is 6.61 Å². The number of nitrogens with zero attached hydrogens (tertiary/aromatic N) is 2. The third-order valence-electron chi connectivity index (χ3n) is 1.95. The van der Waals surface area contributed by atoms with E-state index in [9.17, 15) is 5.21 Å². The van der Waals surface area contributed by atoms with E-state index in [2.05, 4.69) is 9.79 Å². The largest absolute Gasteiger partial charge is 0.396 e. The van der Waals surface area contributed by atoms with Crippen LogP contribution in [0.15, 0.2) is 22.8 Å². The number of thioether (sulfide) groups is 1. The number of hydrogen-bond acceptors (Lipinski definition) is 5. The third kappa shape index (κ3) is 2.21. The molecule has 0 unspecified atom stereocenters. The van der Waals surface area contributed by atoms with Crippen molar-refractivity contribution in [1.82, 2.24) is 5.16 Å². The van der Waals surface area contributed by atoms with Crippen molar-refractivity contribution in [3.05, 3.63) is 29.0 Å². The molecule has 1 N–H and O–H groups in total. The van der Waals surface area contributed by atoms with Crippen LogP contribution in [0.1, 0.15) is 5.56 Å². The van der Waals surface area contributed by atoms with Crippen molar-refractivity contribution in [2.45, 2.75) is 5.75 Å². The van der Waals surface area contributed by atoms with E-state index in [0.717, 1.165) is 11.3 Å². The topological polar surface area (TPSA) is 73.2 Å². The number of benzene rings is 1. The van der Waals surface area contributed by atoms with Crippen LogP contribution in [0.25, 0.3) is 11.0 Å². The monoisotopic (exact) mass is 226 g/mol. The maximum atomic E-state index is 11.0. The lowest BCUT2D eigenvalue weighted by molar-refractivity contribution is -0.782. The molecule has 6 heteroatoms. The van der Waals surface area contributed by atoms with E-state index in [4.69, 9.17) is 5.11 Å². The summed E-state index contributed by atoms with van der Waals surface area (Å²) < 4.78 is 4.46. The Morgan fingerprint density at radius 2 is 2.40 bits per heavy atom. The van der Waals surface area contributed by atoms with Gasteiger partial charge < -0.3 is 10.3 Å². The zero-order chi connectivity index (χ0) is 10.7. The fourth-order valence-electron chi connectivity index (χ4n) is 1.27. The van der Waals surface area contributed by atoms with Gasteiger partial charge in [-0.25, -0.2) is 0 Å². The highest BCUT2D eigenvalue weighted by Crippen LogP contribution is 2.15. The molecular formula is C9H10N2O3S. The van der Waals surface area contributed by atoms with Crippen LogP contribution in [0, 0.1) is 5.21 Å². The lowest BCUT2D eigenvalue weighted by Crippen LogP contribution is -2.22. The molecule has 1 aromatic heterocycles. The van der Waals surface area contributed by atoms with E-state index in [1.807, 2.05) is 12.1 Å². The molecule has 80 valence electrons. The molecule has 0 spiro atoms. The predicted molar refractivity (Wildman–Crippen MR) is 56.2 cm³/mol. The third-order valence-corrected chi connectivity index (χ3v) is 2.96. The molecular weight excluding hydrogens is 216 g/mol. The van der Waals surface area contributed by atoms with Gasteiger partial charge in [0, 0.05) is 22.7 Å². The molecule has 0 aliphatic heterocycles. The highest BCUT2D eigenvalue weighted by molar-refractivity contribution is 7.98. The van der Waals surface area contributed by atoms with Gasteiger partial charge in [0.2, 0.25) is 11.0 Å². The first-order valence-electron chi connectivity index (χ1n) is 4.48. The molecule has 5 nitrogen and oxygen atoms in total. The molecule has 2 aromatic rings. The average Bonchev–Trinajstić information content (AvgIpc) is 2.61. The number of aromatic nitrogens is 2. The van der Waals surface area contributed by atoms with Gasteiger partial charge in [-0.15, -0.1) is 0 Å². The molecule has 0 fully saturated rings. The van der Waals surface area contributed by atoms with Crippen LogP contribution in [-0.4, -0.2) is 22.6 Å². The van der Waals surface area contributed by atoms with Crippen molar-refractivity contribution in [3.8, 4) is 0 Å². The summed E-state index contributed by atoms with van der Waals surface area (Å²) in [5.41, 5.74) is 2.06. The summed E-state index contributed by atoms with van der Waals surface area (Å²) in [6.45, 7) is 0.178. The highest BCUT2D eigenvalue weighted by atomic mass is 32.2. The van der Waals surface area contributed by atoms with Crippen LogP contribution in [0.5, 0.6) is 0 Å². The van der Waals surface area contributed by atoms with Crippen LogP contribution in [0.3, 0.4) is 0 Å². The van der Waals surface area contributed by atoms with Gasteiger partial charge in [0.05, 0.1) is 6.61 Å². The molecule has 0 saturated carbocycles. The Bertz CT molecular complexity index is 458. The summed E-state index contributed by atoms with van der Waals surface area (Å²) in [7, 11) is 0. The standard InChI is InChI=1S/C9H10N2O3S/c12-3-4-15-6-7-1-2-9-8(5-7)10-14-11(9)13/h1-2,5,12H,3-4,6H2. The molecule has 0 aliphatic rings. The quantitative estimate of drug-likeness (QED) is 0.613. The Kier molecular flexibility index (Phi) is 3.08. The zero-order valence-corrected chi connectivity index (χ0v) is 8.74. The second-order valence-electron chi connectivity index (χ2n) is 3.03. The minimum Gasteiger partial charge on any atom is -0.396 e. The molecule has 1 aromatic carbocycles. The van der Waals surface area contributed by atoms with Gasteiger partial charge in [0.1, 0.15) is 0 Å². The summed E-state index contributed by atoms with van der Waals surface area (Å²) >= 11 is 1.63. The maximum absolute atomic E-state index is 11.0. The molecule has 1 heterocycles. The molecule has 15 heavy (non-hydrogen) atoms.